The number of nitrogens with one attached hydrogen (secondary N) is 2. The van der Waals surface area contributed by atoms with E-state index in [2.05, 4.69) is 26.6 Å². The van der Waals surface area contributed by atoms with E-state index < -0.39 is 0 Å². The van der Waals surface area contributed by atoms with Gasteiger partial charge in [0.15, 0.2) is 0 Å². The highest BCUT2D eigenvalue weighted by Gasteiger charge is 2.08. The Labute approximate surface area is 135 Å². The number of benzene rings is 2. The maximum atomic E-state index is 11.9. The summed E-state index contributed by atoms with van der Waals surface area (Å²) in [5.74, 6) is 0. The van der Waals surface area contributed by atoms with Crippen LogP contribution in [0.2, 0.25) is 10.0 Å². The largest absolute Gasteiger partial charge is 0.323 e. The quantitative estimate of drug-likeness (QED) is 0.695. The van der Waals surface area contributed by atoms with E-state index in [4.69, 9.17) is 23.2 Å². The average Bonchev–Trinajstić information content (AvgIpc) is 2.33. The highest BCUT2D eigenvalue weighted by molar-refractivity contribution is 9.10. The van der Waals surface area contributed by atoms with Crippen molar-refractivity contribution in [2.24, 2.45) is 0 Å². The summed E-state index contributed by atoms with van der Waals surface area (Å²) >= 11 is 15.2. The molecule has 0 spiro atoms. The summed E-state index contributed by atoms with van der Waals surface area (Å²) in [5.41, 5.74) is 2.26. The zero-order valence-corrected chi connectivity index (χ0v) is 13.6. The summed E-state index contributed by atoms with van der Waals surface area (Å²) < 4.78 is 0.847. The fourth-order valence-corrected chi connectivity index (χ4v) is 2.54. The molecule has 0 saturated carbocycles. The van der Waals surface area contributed by atoms with Gasteiger partial charge in [-0.1, -0.05) is 35.3 Å². The fourth-order valence-electron chi connectivity index (χ4n) is 1.65. The molecule has 0 bridgehead atoms. The second-order valence-corrected chi connectivity index (χ2v) is 5.84. The molecule has 2 N–H and O–H groups in total. The maximum Gasteiger partial charge on any atom is 0.323 e. The molecule has 104 valence electrons. The molecule has 0 unspecified atom stereocenters. The molecule has 0 heterocycles. The van der Waals surface area contributed by atoms with Crippen molar-refractivity contribution in [3.8, 4) is 0 Å². The summed E-state index contributed by atoms with van der Waals surface area (Å²) in [6, 6.07) is 10.1. The second kappa shape index (κ2) is 6.48. The van der Waals surface area contributed by atoms with Crippen molar-refractivity contribution in [2.75, 3.05) is 10.6 Å². The third-order valence-corrected chi connectivity index (χ3v) is 4.05. The van der Waals surface area contributed by atoms with Crippen molar-refractivity contribution < 1.29 is 4.79 Å². The molecule has 0 aromatic heterocycles. The van der Waals surface area contributed by atoms with E-state index in [1.807, 2.05) is 25.1 Å². The predicted octanol–water partition coefficient (Wildman–Crippen LogP) is 5.71. The minimum absolute atomic E-state index is 0.366. The van der Waals surface area contributed by atoms with Gasteiger partial charge in [0.25, 0.3) is 0 Å². The van der Waals surface area contributed by atoms with Crippen molar-refractivity contribution >= 4 is 56.5 Å². The van der Waals surface area contributed by atoms with Crippen LogP contribution in [0.1, 0.15) is 5.56 Å². The third-order valence-electron chi connectivity index (χ3n) is 2.56. The van der Waals surface area contributed by atoms with Crippen molar-refractivity contribution in [2.45, 2.75) is 6.92 Å². The number of rotatable bonds is 2. The molecular formula is C14H11BrCl2N2O. The third kappa shape index (κ3) is 3.88. The minimum atomic E-state index is -0.366. The molecule has 0 aliphatic rings. The average molecular weight is 374 g/mol. The molecule has 2 aromatic carbocycles. The van der Waals surface area contributed by atoms with Crippen molar-refractivity contribution in [3.63, 3.8) is 0 Å². The molecule has 0 fully saturated rings. The molecule has 2 rings (SSSR count). The smallest absolute Gasteiger partial charge is 0.308 e. The number of aryl methyl sites for hydroxylation is 1. The first kappa shape index (κ1) is 15.2. The van der Waals surface area contributed by atoms with E-state index >= 15 is 0 Å². The van der Waals surface area contributed by atoms with Gasteiger partial charge in [-0.3, -0.25) is 0 Å². The SMILES string of the molecule is Cc1cccc(NC(=O)Nc2cc(Cl)cc(Cl)c2)c1Br. The first-order valence-corrected chi connectivity index (χ1v) is 7.30. The fraction of sp³-hybridized carbons (Fsp3) is 0.0714. The van der Waals surface area contributed by atoms with Crippen LogP contribution >= 0.6 is 39.1 Å². The summed E-state index contributed by atoms with van der Waals surface area (Å²) in [6.45, 7) is 1.95. The molecule has 6 heteroatoms. The topological polar surface area (TPSA) is 41.1 Å². The predicted molar refractivity (Wildman–Crippen MR) is 88.0 cm³/mol. The Kier molecular flexibility index (Phi) is 4.91. The lowest BCUT2D eigenvalue weighted by Gasteiger charge is -2.11. The standard InChI is InChI=1S/C14H11BrCl2N2O/c1-8-3-2-4-12(13(8)15)19-14(20)18-11-6-9(16)5-10(17)7-11/h2-7H,1H3,(H2,18,19,20). The summed E-state index contributed by atoms with van der Waals surface area (Å²) in [5, 5.41) is 6.36. The Morgan fingerprint density at radius 3 is 2.40 bits per heavy atom. The normalized spacial score (nSPS) is 10.2. The number of urea groups is 1. The summed E-state index contributed by atoms with van der Waals surface area (Å²) in [7, 11) is 0. The van der Waals surface area contributed by atoms with Crippen LogP contribution in [0.15, 0.2) is 40.9 Å². The van der Waals surface area contributed by atoms with Crippen molar-refractivity contribution in [1.82, 2.24) is 0 Å². The van der Waals surface area contributed by atoms with Gasteiger partial charge in [0.2, 0.25) is 0 Å². The molecule has 0 radical (unpaired) electrons. The van der Waals surface area contributed by atoms with Crippen LogP contribution in [0, 0.1) is 6.92 Å². The van der Waals surface area contributed by atoms with Gasteiger partial charge in [0.1, 0.15) is 0 Å². The minimum Gasteiger partial charge on any atom is -0.308 e. The Hall–Kier alpha value is -1.23. The van der Waals surface area contributed by atoms with Crippen LogP contribution in [0.25, 0.3) is 0 Å². The molecule has 0 saturated heterocycles. The van der Waals surface area contributed by atoms with Gasteiger partial charge in [-0.2, -0.15) is 0 Å². The number of anilines is 2. The van der Waals surface area contributed by atoms with Crippen LogP contribution in [-0.2, 0) is 0 Å². The Morgan fingerprint density at radius 1 is 1.10 bits per heavy atom. The summed E-state index contributed by atoms with van der Waals surface area (Å²) in [4.78, 5) is 11.9. The second-order valence-electron chi connectivity index (χ2n) is 4.17. The zero-order chi connectivity index (χ0) is 14.7. The monoisotopic (exact) mass is 372 g/mol. The van der Waals surface area contributed by atoms with Crippen LogP contribution in [0.3, 0.4) is 0 Å². The lowest BCUT2D eigenvalue weighted by atomic mass is 10.2. The zero-order valence-electron chi connectivity index (χ0n) is 10.5. The number of carbonyl (C=O) groups excluding carboxylic acids is 1. The number of hydrogen-bond donors (Lipinski definition) is 2. The molecule has 3 nitrogen and oxygen atoms in total. The van der Waals surface area contributed by atoms with Crippen LogP contribution < -0.4 is 10.6 Å². The molecule has 0 atom stereocenters. The molecular weight excluding hydrogens is 363 g/mol. The number of halogens is 3. The van der Waals surface area contributed by atoms with Crippen LogP contribution in [0.5, 0.6) is 0 Å². The van der Waals surface area contributed by atoms with Crippen LogP contribution in [-0.4, -0.2) is 6.03 Å². The van der Waals surface area contributed by atoms with E-state index in [9.17, 15) is 4.79 Å². The Morgan fingerprint density at radius 2 is 1.75 bits per heavy atom. The van der Waals surface area contributed by atoms with Gasteiger partial charge in [-0.25, -0.2) is 4.79 Å². The maximum absolute atomic E-state index is 11.9. The van der Waals surface area contributed by atoms with E-state index in [0.29, 0.717) is 21.4 Å². The lowest BCUT2D eigenvalue weighted by molar-refractivity contribution is 0.262. The number of hydrogen-bond acceptors (Lipinski definition) is 1. The first-order valence-electron chi connectivity index (χ1n) is 5.75. The van der Waals surface area contributed by atoms with E-state index in [1.54, 1.807) is 18.2 Å². The van der Waals surface area contributed by atoms with E-state index in [0.717, 1.165) is 10.0 Å². The highest BCUT2D eigenvalue weighted by atomic mass is 79.9. The van der Waals surface area contributed by atoms with E-state index in [1.165, 1.54) is 0 Å². The Balaban J connectivity index is 2.11. The van der Waals surface area contributed by atoms with Gasteiger partial charge < -0.3 is 10.6 Å². The van der Waals surface area contributed by atoms with Crippen LogP contribution in [0.4, 0.5) is 16.2 Å². The molecule has 2 aromatic rings. The molecule has 20 heavy (non-hydrogen) atoms. The molecule has 0 aliphatic heterocycles. The van der Waals surface area contributed by atoms with Gasteiger partial charge >= 0.3 is 6.03 Å². The molecule has 0 aliphatic carbocycles. The van der Waals surface area contributed by atoms with E-state index in [-0.39, 0.29) is 6.03 Å². The lowest BCUT2D eigenvalue weighted by Crippen LogP contribution is -2.19. The van der Waals surface area contributed by atoms with Gasteiger partial charge in [-0.15, -0.1) is 0 Å². The van der Waals surface area contributed by atoms with Gasteiger partial charge in [0.05, 0.1) is 5.69 Å². The van der Waals surface area contributed by atoms with Crippen molar-refractivity contribution in [3.05, 3.63) is 56.5 Å². The number of amides is 2. The van der Waals surface area contributed by atoms with Gasteiger partial charge in [-0.05, 0) is 52.7 Å². The molecule has 2 amide bonds. The first-order chi connectivity index (χ1) is 9.45. The Bertz CT molecular complexity index is 641. The summed E-state index contributed by atoms with van der Waals surface area (Å²) in [6.07, 6.45) is 0. The van der Waals surface area contributed by atoms with Gasteiger partial charge in [0, 0.05) is 20.2 Å². The highest BCUT2D eigenvalue weighted by Crippen LogP contribution is 2.26. The van der Waals surface area contributed by atoms with Crippen molar-refractivity contribution in [1.29, 1.82) is 0 Å². The number of carbonyl (C=O) groups is 1.